The van der Waals surface area contributed by atoms with Crippen LogP contribution in [0.25, 0.3) is 0 Å². The Morgan fingerprint density at radius 3 is 0.237 bits per heavy atom. The summed E-state index contributed by atoms with van der Waals surface area (Å²) in [6.07, 6.45) is 0. The van der Waals surface area contributed by atoms with E-state index in [1.54, 1.807) is 142 Å². The number of ether oxygens (including phenoxy) is 10. The van der Waals surface area contributed by atoms with Crippen LogP contribution in [0.2, 0.25) is 0 Å². The summed E-state index contributed by atoms with van der Waals surface area (Å²) in [5.41, 5.74) is 0. The molecule has 0 radical (unpaired) electrons. The first-order chi connectivity index (χ1) is 17.6. The monoisotopic (exact) mass is 577 g/mol. The Morgan fingerprint density at radius 1 is 0.237 bits per heavy atom. The molecule has 0 spiro atoms. The van der Waals surface area contributed by atoms with Gasteiger partial charge in [-0.05, 0) is 27.7 Å². The molecule has 0 heterocycles. The smallest absolute Gasteiger partial charge is 0.126 e. The van der Waals surface area contributed by atoms with Gasteiger partial charge in [0.15, 0.2) is 0 Å². The second kappa shape index (κ2) is 197. The minimum Gasteiger partial charge on any atom is -0.388 e. The van der Waals surface area contributed by atoms with E-state index in [9.17, 15) is 9.59 Å². The molecule has 0 unspecified atom stereocenters. The first-order valence-electron chi connectivity index (χ1n) is 10.6. The van der Waals surface area contributed by atoms with Crippen molar-refractivity contribution in [3.63, 3.8) is 0 Å². The highest BCUT2D eigenvalue weighted by Crippen LogP contribution is 1.51. The Kier molecular flexibility index (Phi) is 397. The van der Waals surface area contributed by atoms with Crippen LogP contribution in [0, 0.1) is 0 Å². The van der Waals surface area contributed by atoms with E-state index in [1.807, 2.05) is 0 Å². The number of carbonyl (C=O) groups is 2. The zero-order valence-corrected chi connectivity index (χ0v) is 29.9. The van der Waals surface area contributed by atoms with Gasteiger partial charge in [-0.25, -0.2) is 0 Å². The van der Waals surface area contributed by atoms with Gasteiger partial charge in [0, 0.05) is 142 Å². The minimum absolute atomic E-state index is 0.167. The van der Waals surface area contributed by atoms with Crippen LogP contribution in [0.15, 0.2) is 0 Å². The van der Waals surface area contributed by atoms with Crippen molar-refractivity contribution in [3.8, 4) is 0 Å². The number of methoxy groups -OCH3 is 10. The summed E-state index contributed by atoms with van der Waals surface area (Å²) in [5, 5.41) is 0. The molecule has 0 bridgehead atoms. The summed E-state index contributed by atoms with van der Waals surface area (Å²) >= 11 is 0. The van der Waals surface area contributed by atoms with Gasteiger partial charge in [0.25, 0.3) is 0 Å². The van der Waals surface area contributed by atoms with E-state index < -0.39 is 0 Å². The molecule has 0 saturated heterocycles. The van der Waals surface area contributed by atoms with E-state index in [-0.39, 0.29) is 11.6 Å². The summed E-state index contributed by atoms with van der Waals surface area (Å²) in [6, 6.07) is 0. The van der Waals surface area contributed by atoms with Crippen LogP contribution in [0.3, 0.4) is 0 Å². The molecular formula is C26H72O12. The predicted octanol–water partition coefficient (Wildman–Crippen LogP) is 3.82. The Balaban J connectivity index is -0.0000000194. The van der Waals surface area contributed by atoms with E-state index in [4.69, 9.17) is 0 Å². The van der Waals surface area contributed by atoms with Crippen molar-refractivity contribution >= 4 is 11.6 Å². The Hall–Kier alpha value is -1.06. The lowest BCUT2D eigenvalue weighted by Gasteiger charge is -1.61. The fraction of sp³-hybridized carbons (Fsp3) is 0.923. The molecule has 38 heavy (non-hydrogen) atoms. The van der Waals surface area contributed by atoms with Gasteiger partial charge in [-0.1, -0.05) is 0 Å². The fourth-order valence-corrected chi connectivity index (χ4v) is 0. The van der Waals surface area contributed by atoms with Crippen LogP contribution in [-0.4, -0.2) is 154 Å². The molecule has 0 atom stereocenters. The van der Waals surface area contributed by atoms with E-state index in [2.05, 4.69) is 47.4 Å². The molecule has 0 rings (SSSR count). The van der Waals surface area contributed by atoms with E-state index in [1.165, 1.54) is 27.7 Å². The van der Waals surface area contributed by atoms with Gasteiger partial charge >= 0.3 is 0 Å². The third-order valence-corrected chi connectivity index (χ3v) is 0. The van der Waals surface area contributed by atoms with Gasteiger partial charge in [-0.15, -0.1) is 0 Å². The lowest BCUT2D eigenvalue weighted by Crippen LogP contribution is -1.69. The lowest BCUT2D eigenvalue weighted by atomic mass is 10.6. The van der Waals surface area contributed by atoms with Crippen molar-refractivity contribution < 1.29 is 57.0 Å². The van der Waals surface area contributed by atoms with Crippen LogP contribution in [0.1, 0.15) is 27.7 Å². The second-order valence-electron chi connectivity index (χ2n) is 5.90. The van der Waals surface area contributed by atoms with Gasteiger partial charge in [0.2, 0.25) is 0 Å². The highest BCUT2D eigenvalue weighted by atomic mass is 16.5. The standard InChI is InChI=1S/2C3H6O.10C2H6O/c2*1-3(2)4;10*1-3-2/h2*1-2H3;10*1-2H3. The molecule has 12 heteroatoms. The normalized spacial score (nSPS) is 6.11. The molecule has 248 valence electrons. The van der Waals surface area contributed by atoms with Gasteiger partial charge in [-0.2, -0.15) is 0 Å². The first kappa shape index (κ1) is 76.7. The molecule has 0 aliphatic rings. The summed E-state index contributed by atoms with van der Waals surface area (Å²) < 4.78 is 42.5. The van der Waals surface area contributed by atoms with Crippen molar-refractivity contribution in [1.29, 1.82) is 0 Å². The maximum atomic E-state index is 9.44. The van der Waals surface area contributed by atoms with Crippen molar-refractivity contribution in [2.75, 3.05) is 142 Å². The van der Waals surface area contributed by atoms with Crippen LogP contribution in [0.5, 0.6) is 0 Å². The molecule has 0 aromatic heterocycles. The summed E-state index contributed by atoms with van der Waals surface area (Å²) in [7, 11) is 32.5. The summed E-state index contributed by atoms with van der Waals surface area (Å²) in [5.74, 6) is 0.333. The maximum absolute atomic E-state index is 9.44. The maximum Gasteiger partial charge on any atom is 0.126 e. The fourth-order valence-electron chi connectivity index (χ4n) is 0. The Labute approximate surface area is 238 Å². The second-order valence-corrected chi connectivity index (χ2v) is 5.90. The van der Waals surface area contributed by atoms with Crippen molar-refractivity contribution in [2.45, 2.75) is 27.7 Å². The number of hydrogen-bond acceptors (Lipinski definition) is 12. The zero-order chi connectivity index (χ0) is 34.2. The Bertz CT molecular complexity index is 169. The topological polar surface area (TPSA) is 126 Å². The van der Waals surface area contributed by atoms with Gasteiger partial charge < -0.3 is 57.0 Å². The third kappa shape index (κ3) is 35800. The molecule has 0 aromatic rings. The highest BCUT2D eigenvalue weighted by Gasteiger charge is 1.62. The first-order valence-corrected chi connectivity index (χ1v) is 10.6. The number of rotatable bonds is 0. The molecule has 0 aliphatic carbocycles. The lowest BCUT2D eigenvalue weighted by molar-refractivity contribution is -0.115. The quantitative estimate of drug-likeness (QED) is 0.416. The third-order valence-electron chi connectivity index (χ3n) is 0. The molecule has 0 amide bonds. The molecule has 12 nitrogen and oxygen atoms in total. The number of ketones is 2. The molecule has 0 N–H and O–H groups in total. The molecular weight excluding hydrogens is 504 g/mol. The number of Topliss-reactive ketones (excluding diaryl/α,β-unsaturated/α-hetero) is 2. The Morgan fingerprint density at radius 2 is 0.237 bits per heavy atom. The number of hydrogen-bond donors (Lipinski definition) is 0. The SMILES string of the molecule is CC(C)=O.CC(C)=O.COC.COC.COC.COC.COC.COC.COC.COC.COC.COC. The average molecular weight is 577 g/mol. The number of carbonyl (C=O) groups excluding carboxylic acids is 2. The van der Waals surface area contributed by atoms with E-state index in [0.717, 1.165) is 0 Å². The van der Waals surface area contributed by atoms with Gasteiger partial charge in [-0.3, -0.25) is 0 Å². The molecule has 0 fully saturated rings. The molecule has 0 saturated carbocycles. The van der Waals surface area contributed by atoms with Crippen molar-refractivity contribution in [1.82, 2.24) is 0 Å². The zero-order valence-electron chi connectivity index (χ0n) is 29.9. The molecule has 0 aliphatic heterocycles. The average Bonchev–Trinajstić information content (AvgIpc) is 2.73. The van der Waals surface area contributed by atoms with Crippen molar-refractivity contribution in [3.05, 3.63) is 0 Å². The largest absolute Gasteiger partial charge is 0.388 e. The van der Waals surface area contributed by atoms with Gasteiger partial charge in [0.05, 0.1) is 0 Å². The van der Waals surface area contributed by atoms with Crippen LogP contribution < -0.4 is 0 Å². The predicted molar refractivity (Wildman–Crippen MR) is 162 cm³/mol. The molecule has 0 aromatic carbocycles. The van der Waals surface area contributed by atoms with Gasteiger partial charge in [0.1, 0.15) is 11.6 Å². The summed E-state index contributed by atoms with van der Waals surface area (Å²) in [4.78, 5) is 18.9. The van der Waals surface area contributed by atoms with Crippen LogP contribution >= 0.6 is 0 Å². The van der Waals surface area contributed by atoms with Crippen LogP contribution in [-0.2, 0) is 57.0 Å². The minimum atomic E-state index is 0.167. The van der Waals surface area contributed by atoms with E-state index in [0.29, 0.717) is 0 Å². The summed E-state index contributed by atoms with van der Waals surface area (Å²) in [6.45, 7) is 6.11. The van der Waals surface area contributed by atoms with Crippen LogP contribution in [0.4, 0.5) is 0 Å². The van der Waals surface area contributed by atoms with Crippen molar-refractivity contribution in [2.24, 2.45) is 0 Å². The van der Waals surface area contributed by atoms with E-state index >= 15 is 0 Å². The highest BCUT2D eigenvalue weighted by molar-refractivity contribution is 5.72.